The van der Waals surface area contributed by atoms with Crippen LogP contribution in [0.1, 0.15) is 19.8 Å². The van der Waals surface area contributed by atoms with E-state index >= 15 is 0 Å². The Morgan fingerprint density at radius 3 is 2.55 bits per heavy atom. The lowest BCUT2D eigenvalue weighted by molar-refractivity contribution is -0.117. The normalized spacial score (nSPS) is 35.4. The van der Waals surface area contributed by atoms with Crippen molar-refractivity contribution in [3.8, 4) is 0 Å². The van der Waals surface area contributed by atoms with Crippen LogP contribution in [0.25, 0.3) is 0 Å². The second-order valence-electron chi connectivity index (χ2n) is 3.47. The standard InChI is InChI=1S/C10H12O/c1-7-6-10(11)9-4-2-8(7)3-5-9/h2,4,6,8-9H,3,5H2,1H3. The van der Waals surface area contributed by atoms with E-state index in [-0.39, 0.29) is 5.92 Å². The van der Waals surface area contributed by atoms with Gasteiger partial charge in [-0.05, 0) is 31.8 Å². The highest BCUT2D eigenvalue weighted by Gasteiger charge is 2.25. The molecule has 0 aromatic carbocycles. The van der Waals surface area contributed by atoms with Gasteiger partial charge in [-0.25, -0.2) is 0 Å². The number of fused-ring (bicyclic) bond motifs is 2. The zero-order chi connectivity index (χ0) is 7.84. The third-order valence-electron chi connectivity index (χ3n) is 2.68. The van der Waals surface area contributed by atoms with Crippen LogP contribution in [0.15, 0.2) is 23.8 Å². The minimum Gasteiger partial charge on any atom is -0.294 e. The van der Waals surface area contributed by atoms with Crippen LogP contribution < -0.4 is 0 Å². The number of allylic oxidation sites excluding steroid dienone is 4. The third-order valence-corrected chi connectivity index (χ3v) is 2.68. The van der Waals surface area contributed by atoms with Gasteiger partial charge in [0, 0.05) is 5.92 Å². The molecule has 2 unspecified atom stereocenters. The molecule has 2 bridgehead atoms. The number of ketones is 1. The van der Waals surface area contributed by atoms with Crippen molar-refractivity contribution in [1.29, 1.82) is 0 Å². The summed E-state index contributed by atoms with van der Waals surface area (Å²) in [7, 11) is 0. The second kappa shape index (κ2) is 2.33. The van der Waals surface area contributed by atoms with E-state index in [1.54, 1.807) is 0 Å². The molecular weight excluding hydrogens is 136 g/mol. The first-order valence-electron chi connectivity index (χ1n) is 4.18. The minimum absolute atomic E-state index is 0.198. The molecule has 2 atom stereocenters. The molecule has 1 nitrogen and oxygen atoms in total. The molecule has 0 aromatic rings. The summed E-state index contributed by atoms with van der Waals surface area (Å²) < 4.78 is 0. The van der Waals surface area contributed by atoms with Crippen LogP contribution in [-0.2, 0) is 4.79 Å². The maximum Gasteiger partial charge on any atom is 0.162 e. The number of carbonyl (C=O) groups is 1. The van der Waals surface area contributed by atoms with Gasteiger partial charge in [0.1, 0.15) is 0 Å². The monoisotopic (exact) mass is 148 g/mol. The van der Waals surface area contributed by atoms with Gasteiger partial charge in [0.25, 0.3) is 0 Å². The Labute approximate surface area is 66.8 Å². The van der Waals surface area contributed by atoms with Crippen molar-refractivity contribution in [3.05, 3.63) is 23.8 Å². The van der Waals surface area contributed by atoms with E-state index in [2.05, 4.69) is 19.1 Å². The van der Waals surface area contributed by atoms with Crippen molar-refractivity contribution in [2.75, 3.05) is 0 Å². The van der Waals surface area contributed by atoms with Crippen LogP contribution in [0, 0.1) is 11.8 Å². The molecule has 0 spiro atoms. The molecule has 3 aliphatic carbocycles. The molecule has 0 saturated carbocycles. The van der Waals surface area contributed by atoms with Gasteiger partial charge in [-0.15, -0.1) is 0 Å². The first-order chi connectivity index (χ1) is 5.27. The molecule has 11 heavy (non-hydrogen) atoms. The lowest BCUT2D eigenvalue weighted by atomic mass is 9.88. The Balaban J connectivity index is 2.42. The molecular formula is C10H12O. The van der Waals surface area contributed by atoms with Gasteiger partial charge >= 0.3 is 0 Å². The summed E-state index contributed by atoms with van der Waals surface area (Å²) in [6.07, 6.45) is 8.29. The van der Waals surface area contributed by atoms with E-state index in [1.807, 2.05) is 6.08 Å². The smallest absolute Gasteiger partial charge is 0.162 e. The summed E-state index contributed by atoms with van der Waals surface area (Å²) in [6, 6.07) is 0. The van der Waals surface area contributed by atoms with Gasteiger partial charge in [-0.3, -0.25) is 4.79 Å². The summed E-state index contributed by atoms with van der Waals surface area (Å²) >= 11 is 0. The van der Waals surface area contributed by atoms with Crippen LogP contribution in [0.5, 0.6) is 0 Å². The van der Waals surface area contributed by atoms with Crippen LogP contribution in [0.2, 0.25) is 0 Å². The third kappa shape index (κ3) is 1.05. The fourth-order valence-electron chi connectivity index (χ4n) is 1.87. The Morgan fingerprint density at radius 1 is 1.27 bits per heavy atom. The Bertz CT molecular complexity index is 248. The van der Waals surface area contributed by atoms with Crippen molar-refractivity contribution in [3.63, 3.8) is 0 Å². The zero-order valence-corrected chi connectivity index (χ0v) is 6.71. The van der Waals surface area contributed by atoms with E-state index in [9.17, 15) is 4.79 Å². The van der Waals surface area contributed by atoms with Crippen molar-refractivity contribution < 1.29 is 4.79 Å². The molecule has 3 aliphatic rings. The average Bonchev–Trinajstić information content (AvgIpc) is 2.22. The van der Waals surface area contributed by atoms with E-state index in [4.69, 9.17) is 0 Å². The maximum atomic E-state index is 11.4. The fourth-order valence-corrected chi connectivity index (χ4v) is 1.87. The lowest BCUT2D eigenvalue weighted by Gasteiger charge is -2.16. The molecule has 0 amide bonds. The Morgan fingerprint density at radius 2 is 1.91 bits per heavy atom. The molecule has 1 heteroatoms. The van der Waals surface area contributed by atoms with Crippen molar-refractivity contribution >= 4 is 5.78 Å². The fraction of sp³-hybridized carbons (Fsp3) is 0.500. The molecule has 0 radical (unpaired) electrons. The number of hydrogen-bond acceptors (Lipinski definition) is 1. The summed E-state index contributed by atoms with van der Waals surface area (Å²) in [6.45, 7) is 2.06. The van der Waals surface area contributed by atoms with Crippen LogP contribution in [0.3, 0.4) is 0 Å². The summed E-state index contributed by atoms with van der Waals surface area (Å²) in [5, 5.41) is 0. The average molecular weight is 148 g/mol. The molecule has 3 rings (SSSR count). The van der Waals surface area contributed by atoms with Crippen LogP contribution >= 0.6 is 0 Å². The summed E-state index contributed by atoms with van der Waals surface area (Å²) in [5.41, 5.74) is 1.24. The number of rotatable bonds is 0. The summed E-state index contributed by atoms with van der Waals surface area (Å²) in [5.74, 6) is 1.06. The molecule has 0 N–H and O–H groups in total. The van der Waals surface area contributed by atoms with E-state index in [0.29, 0.717) is 11.7 Å². The largest absolute Gasteiger partial charge is 0.294 e. The van der Waals surface area contributed by atoms with Gasteiger partial charge in [0.05, 0.1) is 0 Å². The highest BCUT2D eigenvalue weighted by Crippen LogP contribution is 2.31. The van der Waals surface area contributed by atoms with Crippen LogP contribution in [0.4, 0.5) is 0 Å². The topological polar surface area (TPSA) is 17.1 Å². The van der Waals surface area contributed by atoms with E-state index in [0.717, 1.165) is 12.8 Å². The summed E-state index contributed by atoms with van der Waals surface area (Å²) in [4.78, 5) is 11.4. The maximum absolute atomic E-state index is 11.4. The molecule has 58 valence electrons. The van der Waals surface area contributed by atoms with Gasteiger partial charge in [0.15, 0.2) is 5.78 Å². The first kappa shape index (κ1) is 6.84. The van der Waals surface area contributed by atoms with Crippen molar-refractivity contribution in [1.82, 2.24) is 0 Å². The van der Waals surface area contributed by atoms with Gasteiger partial charge in [0.2, 0.25) is 0 Å². The SMILES string of the molecule is CC1=CC(=O)C2C=CC1CC2. The van der Waals surface area contributed by atoms with Gasteiger partial charge in [-0.2, -0.15) is 0 Å². The molecule has 0 fully saturated rings. The molecule has 0 heterocycles. The van der Waals surface area contributed by atoms with Gasteiger partial charge < -0.3 is 0 Å². The Kier molecular flexibility index (Phi) is 1.45. The lowest BCUT2D eigenvalue weighted by Crippen LogP contribution is -2.10. The minimum atomic E-state index is 0.198. The predicted octanol–water partition coefficient (Wildman–Crippen LogP) is 2.10. The second-order valence-corrected chi connectivity index (χ2v) is 3.47. The highest BCUT2D eigenvalue weighted by molar-refractivity contribution is 5.94. The van der Waals surface area contributed by atoms with E-state index < -0.39 is 0 Å². The number of carbonyl (C=O) groups excluding carboxylic acids is 1. The van der Waals surface area contributed by atoms with E-state index in [1.165, 1.54) is 5.57 Å². The molecule has 0 saturated heterocycles. The van der Waals surface area contributed by atoms with Crippen molar-refractivity contribution in [2.24, 2.45) is 11.8 Å². The van der Waals surface area contributed by atoms with Crippen LogP contribution in [-0.4, -0.2) is 5.78 Å². The highest BCUT2D eigenvalue weighted by atomic mass is 16.1. The number of hydrogen-bond donors (Lipinski definition) is 0. The quantitative estimate of drug-likeness (QED) is 0.481. The predicted molar refractivity (Wildman–Crippen MR) is 44.1 cm³/mol. The Hall–Kier alpha value is -0.850. The first-order valence-corrected chi connectivity index (χ1v) is 4.18. The van der Waals surface area contributed by atoms with Crippen molar-refractivity contribution in [2.45, 2.75) is 19.8 Å². The zero-order valence-electron chi connectivity index (χ0n) is 6.71. The molecule has 0 aliphatic heterocycles. The van der Waals surface area contributed by atoms with Gasteiger partial charge in [-0.1, -0.05) is 17.7 Å². The molecule has 0 aromatic heterocycles.